The molecular formula is C22H31Cl2IN6. The molecule has 0 radical (unpaired) electrons. The smallest absolute Gasteiger partial charge is 0.191 e. The van der Waals surface area contributed by atoms with Gasteiger partial charge in [0.15, 0.2) is 5.96 Å². The van der Waals surface area contributed by atoms with Crippen LogP contribution in [-0.4, -0.2) is 62.7 Å². The number of piperazine rings is 1. The molecule has 2 N–H and O–H groups in total. The molecule has 0 atom stereocenters. The normalized spacial score (nSPS) is 14.8. The van der Waals surface area contributed by atoms with Crippen LogP contribution in [0.3, 0.4) is 0 Å². The van der Waals surface area contributed by atoms with Crippen LogP contribution in [0.2, 0.25) is 10.0 Å². The van der Waals surface area contributed by atoms with E-state index in [2.05, 4.69) is 49.6 Å². The van der Waals surface area contributed by atoms with Gasteiger partial charge in [0, 0.05) is 62.6 Å². The third-order valence-corrected chi connectivity index (χ3v) is 5.84. The van der Waals surface area contributed by atoms with Crippen molar-refractivity contribution in [2.45, 2.75) is 19.4 Å². The van der Waals surface area contributed by atoms with Gasteiger partial charge in [-0.15, -0.1) is 24.0 Å². The predicted octanol–water partition coefficient (Wildman–Crippen LogP) is 4.06. The summed E-state index contributed by atoms with van der Waals surface area (Å²) in [6.07, 6.45) is 3.78. The van der Waals surface area contributed by atoms with Crippen molar-refractivity contribution >= 4 is 59.0 Å². The van der Waals surface area contributed by atoms with Crippen molar-refractivity contribution in [1.82, 2.24) is 20.5 Å². The van der Waals surface area contributed by atoms with Crippen LogP contribution in [0.25, 0.3) is 0 Å². The second-order valence-electron chi connectivity index (χ2n) is 7.51. The number of aryl methyl sites for hydroxylation is 1. The number of rotatable bonds is 7. The summed E-state index contributed by atoms with van der Waals surface area (Å²) in [6.45, 7) is 5.70. The van der Waals surface area contributed by atoms with Crippen molar-refractivity contribution in [3.8, 4) is 0 Å². The summed E-state index contributed by atoms with van der Waals surface area (Å²) in [5, 5.41) is 8.07. The molecule has 3 rings (SSSR count). The average molecular weight is 577 g/mol. The van der Waals surface area contributed by atoms with Crippen LogP contribution in [0, 0.1) is 0 Å². The molecule has 1 saturated heterocycles. The van der Waals surface area contributed by atoms with E-state index >= 15 is 0 Å². The molecule has 0 spiro atoms. The zero-order chi connectivity index (χ0) is 21.3. The number of guanidine groups is 1. The van der Waals surface area contributed by atoms with Crippen LogP contribution >= 0.6 is 47.2 Å². The van der Waals surface area contributed by atoms with Crippen LogP contribution in [0.4, 0.5) is 5.82 Å². The van der Waals surface area contributed by atoms with Crippen molar-refractivity contribution in [3.05, 3.63) is 57.7 Å². The Labute approximate surface area is 212 Å². The first kappa shape index (κ1) is 26.0. The standard InChI is InChI=1S/C22H30Cl2N6.HI/c1-25-22(26-9-3-4-18-6-7-19(23)14-20(18)24)28-16-17-5-8-21(27-15-17)30-12-10-29(2)11-13-30;/h5-8,14-15H,3-4,9-13,16H2,1-2H3,(H2,25,26,28);1H. The highest BCUT2D eigenvalue weighted by molar-refractivity contribution is 14.0. The molecule has 0 aliphatic carbocycles. The Balaban J connectivity index is 0.00000341. The zero-order valence-electron chi connectivity index (χ0n) is 18.1. The number of pyridine rings is 1. The van der Waals surface area contributed by atoms with Gasteiger partial charge in [0.25, 0.3) is 0 Å². The van der Waals surface area contributed by atoms with Crippen LogP contribution in [-0.2, 0) is 13.0 Å². The molecule has 6 nitrogen and oxygen atoms in total. The molecule has 1 aliphatic rings. The van der Waals surface area contributed by atoms with Crippen molar-refractivity contribution in [2.75, 3.05) is 51.7 Å². The lowest BCUT2D eigenvalue weighted by Crippen LogP contribution is -2.44. The summed E-state index contributed by atoms with van der Waals surface area (Å²) in [6, 6.07) is 9.88. The lowest BCUT2D eigenvalue weighted by molar-refractivity contribution is 0.312. The van der Waals surface area contributed by atoms with Crippen LogP contribution in [0.1, 0.15) is 17.5 Å². The molecule has 170 valence electrons. The second kappa shape index (κ2) is 13.3. The number of halogens is 3. The maximum Gasteiger partial charge on any atom is 0.191 e. The van der Waals surface area contributed by atoms with Gasteiger partial charge >= 0.3 is 0 Å². The summed E-state index contributed by atoms with van der Waals surface area (Å²) < 4.78 is 0. The largest absolute Gasteiger partial charge is 0.356 e. The highest BCUT2D eigenvalue weighted by atomic mass is 127. The summed E-state index contributed by atoms with van der Waals surface area (Å²) >= 11 is 12.2. The van der Waals surface area contributed by atoms with Crippen molar-refractivity contribution < 1.29 is 0 Å². The highest BCUT2D eigenvalue weighted by Gasteiger charge is 2.14. The van der Waals surface area contributed by atoms with Gasteiger partial charge in [-0.1, -0.05) is 35.3 Å². The number of hydrogen-bond donors (Lipinski definition) is 2. The topological polar surface area (TPSA) is 55.8 Å². The van der Waals surface area contributed by atoms with Crippen LogP contribution in [0.15, 0.2) is 41.5 Å². The van der Waals surface area contributed by atoms with E-state index in [0.29, 0.717) is 11.6 Å². The summed E-state index contributed by atoms with van der Waals surface area (Å²) in [5.74, 6) is 1.83. The first-order valence-electron chi connectivity index (χ1n) is 10.3. The Bertz CT molecular complexity index is 838. The third kappa shape index (κ3) is 8.29. The minimum atomic E-state index is 0. The molecule has 2 heterocycles. The van der Waals surface area contributed by atoms with Gasteiger partial charge in [0.2, 0.25) is 0 Å². The minimum Gasteiger partial charge on any atom is -0.356 e. The zero-order valence-corrected chi connectivity index (χ0v) is 21.9. The molecule has 0 saturated carbocycles. The number of anilines is 1. The van der Waals surface area contributed by atoms with Gasteiger partial charge < -0.3 is 20.4 Å². The lowest BCUT2D eigenvalue weighted by Gasteiger charge is -2.33. The molecular weight excluding hydrogens is 546 g/mol. The number of nitrogens with zero attached hydrogens (tertiary/aromatic N) is 4. The highest BCUT2D eigenvalue weighted by Crippen LogP contribution is 2.21. The summed E-state index contributed by atoms with van der Waals surface area (Å²) in [7, 11) is 3.94. The van der Waals surface area contributed by atoms with E-state index in [1.807, 2.05) is 18.3 Å². The quantitative estimate of drug-likeness (QED) is 0.225. The maximum absolute atomic E-state index is 6.23. The lowest BCUT2D eigenvalue weighted by atomic mass is 10.1. The third-order valence-electron chi connectivity index (χ3n) is 5.25. The van der Waals surface area contributed by atoms with Gasteiger partial charge in [0.1, 0.15) is 5.82 Å². The minimum absolute atomic E-state index is 0. The molecule has 9 heteroatoms. The van der Waals surface area contributed by atoms with E-state index in [4.69, 9.17) is 23.2 Å². The van der Waals surface area contributed by atoms with Crippen molar-refractivity contribution in [2.24, 2.45) is 4.99 Å². The summed E-state index contributed by atoms with van der Waals surface area (Å²) in [5.41, 5.74) is 2.24. The van der Waals surface area contributed by atoms with E-state index in [0.717, 1.165) is 73.5 Å². The van der Waals surface area contributed by atoms with Gasteiger partial charge in [-0.05, 0) is 49.2 Å². The fraction of sp³-hybridized carbons (Fsp3) is 0.455. The van der Waals surface area contributed by atoms with Gasteiger partial charge in [-0.25, -0.2) is 4.98 Å². The van der Waals surface area contributed by atoms with E-state index < -0.39 is 0 Å². The molecule has 1 fully saturated rings. The molecule has 2 aromatic rings. The Hall–Kier alpha value is -1.29. The molecule has 1 aromatic carbocycles. The number of nitrogens with one attached hydrogen (secondary N) is 2. The fourth-order valence-corrected chi connectivity index (χ4v) is 3.86. The summed E-state index contributed by atoms with van der Waals surface area (Å²) in [4.78, 5) is 13.6. The van der Waals surface area contributed by atoms with Gasteiger partial charge in [0.05, 0.1) is 0 Å². The number of benzene rings is 1. The maximum atomic E-state index is 6.23. The van der Waals surface area contributed by atoms with Crippen molar-refractivity contribution in [1.29, 1.82) is 0 Å². The second-order valence-corrected chi connectivity index (χ2v) is 8.35. The van der Waals surface area contributed by atoms with E-state index in [9.17, 15) is 0 Å². The van der Waals surface area contributed by atoms with E-state index in [-0.39, 0.29) is 24.0 Å². The number of hydrogen-bond acceptors (Lipinski definition) is 4. The molecule has 31 heavy (non-hydrogen) atoms. The first-order chi connectivity index (χ1) is 14.5. The molecule has 0 bridgehead atoms. The van der Waals surface area contributed by atoms with Gasteiger partial charge in [-0.3, -0.25) is 4.99 Å². The van der Waals surface area contributed by atoms with E-state index in [1.165, 1.54) is 0 Å². The van der Waals surface area contributed by atoms with Crippen molar-refractivity contribution in [3.63, 3.8) is 0 Å². The Morgan fingerprint density at radius 2 is 1.87 bits per heavy atom. The molecule has 0 unspecified atom stereocenters. The average Bonchev–Trinajstić information content (AvgIpc) is 2.75. The van der Waals surface area contributed by atoms with Gasteiger partial charge in [-0.2, -0.15) is 0 Å². The van der Waals surface area contributed by atoms with E-state index in [1.54, 1.807) is 13.1 Å². The van der Waals surface area contributed by atoms with Crippen LogP contribution < -0.4 is 15.5 Å². The Kier molecular flexibility index (Phi) is 11.1. The number of aliphatic imine (C=N–C) groups is 1. The first-order valence-corrected chi connectivity index (χ1v) is 11.1. The monoisotopic (exact) mass is 576 g/mol. The predicted molar refractivity (Wildman–Crippen MR) is 142 cm³/mol. The molecule has 0 amide bonds. The Morgan fingerprint density at radius 1 is 1.10 bits per heavy atom. The molecule has 1 aliphatic heterocycles. The fourth-order valence-electron chi connectivity index (χ4n) is 3.36. The molecule has 1 aromatic heterocycles. The number of aromatic nitrogens is 1. The SMILES string of the molecule is CN=C(NCCCc1ccc(Cl)cc1Cl)NCc1ccc(N2CCN(C)CC2)nc1.I. The Morgan fingerprint density at radius 3 is 2.52 bits per heavy atom. The van der Waals surface area contributed by atoms with Crippen LogP contribution in [0.5, 0.6) is 0 Å². The number of likely N-dealkylation sites (N-methyl/N-ethyl adjacent to an activating group) is 1.